The first-order valence-corrected chi connectivity index (χ1v) is 14.9. The molecule has 5 heteroatoms. The Hall–Kier alpha value is -0.940. The first kappa shape index (κ1) is 28.3. The van der Waals surface area contributed by atoms with Gasteiger partial charge in [0.05, 0.1) is 18.1 Å². The van der Waals surface area contributed by atoms with E-state index in [0.717, 1.165) is 38.8 Å². The molecule has 0 aliphatic carbocycles. The molecular weight excluding hydrogens is 430 g/mol. The SMILES string of the molecule is CCCCCCCCCCCCCC[C@@H]1CO[C@@H](COC(=O)CCCCC[n+]2ccsc2)C1. The number of thiazole rings is 1. The summed E-state index contributed by atoms with van der Waals surface area (Å²) in [6.07, 6.45) is 25.0. The Morgan fingerprint density at radius 2 is 1.61 bits per heavy atom. The van der Waals surface area contributed by atoms with E-state index in [9.17, 15) is 4.79 Å². The van der Waals surface area contributed by atoms with Crippen LogP contribution in [0.3, 0.4) is 0 Å². The number of esters is 1. The highest BCUT2D eigenvalue weighted by atomic mass is 32.1. The molecule has 0 aromatic carbocycles. The Labute approximate surface area is 207 Å². The van der Waals surface area contributed by atoms with E-state index in [1.165, 1.54) is 83.5 Å². The van der Waals surface area contributed by atoms with Crippen LogP contribution >= 0.6 is 11.3 Å². The molecule has 0 amide bonds. The van der Waals surface area contributed by atoms with Gasteiger partial charge < -0.3 is 9.47 Å². The molecule has 2 heterocycles. The molecule has 33 heavy (non-hydrogen) atoms. The predicted molar refractivity (Wildman–Crippen MR) is 137 cm³/mol. The average molecular weight is 481 g/mol. The monoisotopic (exact) mass is 480 g/mol. The van der Waals surface area contributed by atoms with E-state index in [2.05, 4.69) is 28.6 Å². The zero-order valence-electron chi connectivity index (χ0n) is 21.3. The van der Waals surface area contributed by atoms with Crippen molar-refractivity contribution in [2.45, 2.75) is 135 Å². The van der Waals surface area contributed by atoms with Gasteiger partial charge in [0, 0.05) is 12.8 Å². The average Bonchev–Trinajstić information content (AvgIpc) is 3.50. The van der Waals surface area contributed by atoms with Gasteiger partial charge in [-0.3, -0.25) is 4.79 Å². The molecular formula is C28H50NO3S+. The summed E-state index contributed by atoms with van der Waals surface area (Å²) in [7, 11) is 0. The second-order valence-corrected chi connectivity index (χ2v) is 10.7. The van der Waals surface area contributed by atoms with Crippen LogP contribution in [-0.2, 0) is 20.8 Å². The topological polar surface area (TPSA) is 39.4 Å². The molecule has 1 fully saturated rings. The molecule has 1 aliphatic heterocycles. The molecule has 4 nitrogen and oxygen atoms in total. The van der Waals surface area contributed by atoms with Crippen molar-refractivity contribution < 1.29 is 18.8 Å². The van der Waals surface area contributed by atoms with Gasteiger partial charge in [-0.05, 0) is 31.6 Å². The molecule has 2 atom stereocenters. The van der Waals surface area contributed by atoms with E-state index in [4.69, 9.17) is 9.47 Å². The van der Waals surface area contributed by atoms with Crippen LogP contribution in [0.25, 0.3) is 0 Å². The Balaban J connectivity index is 1.33. The van der Waals surface area contributed by atoms with E-state index in [1.54, 1.807) is 11.3 Å². The first-order valence-electron chi connectivity index (χ1n) is 14.0. The number of aromatic nitrogens is 1. The minimum Gasteiger partial charge on any atom is -0.463 e. The summed E-state index contributed by atoms with van der Waals surface area (Å²) in [6, 6.07) is 0. The van der Waals surface area contributed by atoms with Crippen LogP contribution in [-0.4, -0.2) is 25.3 Å². The summed E-state index contributed by atoms with van der Waals surface area (Å²) < 4.78 is 13.6. The third-order valence-electron chi connectivity index (χ3n) is 6.88. The fourth-order valence-electron chi connectivity index (χ4n) is 4.76. The lowest BCUT2D eigenvalue weighted by molar-refractivity contribution is -0.692. The Bertz CT molecular complexity index is 578. The van der Waals surface area contributed by atoms with Crippen LogP contribution in [0.2, 0.25) is 0 Å². The predicted octanol–water partition coefficient (Wildman–Crippen LogP) is 7.64. The molecule has 1 aromatic rings. The van der Waals surface area contributed by atoms with Crippen LogP contribution in [0.4, 0.5) is 0 Å². The van der Waals surface area contributed by atoms with Gasteiger partial charge in [-0.15, -0.1) is 0 Å². The first-order chi connectivity index (χ1) is 16.3. The van der Waals surface area contributed by atoms with Crippen molar-refractivity contribution in [3.63, 3.8) is 0 Å². The number of carbonyl (C=O) groups is 1. The Morgan fingerprint density at radius 1 is 0.939 bits per heavy atom. The summed E-state index contributed by atoms with van der Waals surface area (Å²) in [5.74, 6) is 0.595. The van der Waals surface area contributed by atoms with Crippen LogP contribution in [0, 0.1) is 5.92 Å². The molecule has 1 aromatic heterocycles. The standard InChI is InChI=1S/C28H50NO3S/c1-2-3-4-5-6-7-8-9-10-11-12-14-17-26-22-27(31-23-26)24-32-28(30)18-15-13-16-19-29-20-21-33-25-29/h20-21,25-27H,2-19,22-24H2,1H3/q+1/t26-,27+/m0/s1. The van der Waals surface area contributed by atoms with Crippen LogP contribution in [0.1, 0.15) is 122 Å². The summed E-state index contributed by atoms with van der Waals surface area (Å²) >= 11 is 1.72. The zero-order valence-corrected chi connectivity index (χ0v) is 22.1. The minimum absolute atomic E-state index is 0.0637. The number of rotatable bonds is 21. The van der Waals surface area contributed by atoms with Gasteiger partial charge >= 0.3 is 5.97 Å². The molecule has 0 spiro atoms. The Kier molecular flexibility index (Phi) is 16.6. The molecule has 1 saturated heterocycles. The largest absolute Gasteiger partial charge is 0.463 e. The molecule has 190 valence electrons. The number of unbranched alkanes of at least 4 members (excludes halogenated alkanes) is 13. The quantitative estimate of drug-likeness (QED) is 0.103. The van der Waals surface area contributed by atoms with E-state index < -0.39 is 0 Å². The zero-order chi connectivity index (χ0) is 23.4. The van der Waals surface area contributed by atoms with Gasteiger partial charge in [0.25, 0.3) is 0 Å². The number of carbonyl (C=O) groups excluding carboxylic acids is 1. The lowest BCUT2D eigenvalue weighted by Gasteiger charge is -2.10. The summed E-state index contributed by atoms with van der Waals surface area (Å²) in [4.78, 5) is 12.0. The number of hydrogen-bond acceptors (Lipinski definition) is 4. The molecule has 0 unspecified atom stereocenters. The van der Waals surface area contributed by atoms with Crippen molar-refractivity contribution in [1.82, 2.24) is 0 Å². The van der Waals surface area contributed by atoms with Gasteiger partial charge in [0.1, 0.15) is 13.2 Å². The molecule has 1 aliphatic rings. The lowest BCUT2D eigenvalue weighted by Crippen LogP contribution is -2.29. The smallest absolute Gasteiger partial charge is 0.305 e. The van der Waals surface area contributed by atoms with Crippen LogP contribution in [0.15, 0.2) is 17.1 Å². The van der Waals surface area contributed by atoms with Crippen LogP contribution in [0.5, 0.6) is 0 Å². The third-order valence-corrected chi connectivity index (χ3v) is 7.56. The van der Waals surface area contributed by atoms with Gasteiger partial charge in [-0.2, -0.15) is 4.57 Å². The number of nitrogens with zero attached hydrogens (tertiary/aromatic N) is 1. The van der Waals surface area contributed by atoms with E-state index in [0.29, 0.717) is 18.9 Å². The van der Waals surface area contributed by atoms with Crippen molar-refractivity contribution >= 4 is 17.3 Å². The summed E-state index contributed by atoms with van der Waals surface area (Å²) in [6.45, 7) is 4.61. The van der Waals surface area contributed by atoms with Crippen molar-refractivity contribution in [3.8, 4) is 0 Å². The van der Waals surface area contributed by atoms with E-state index >= 15 is 0 Å². The second-order valence-electron chi connectivity index (χ2n) is 9.99. The fraction of sp³-hybridized carbons (Fsp3) is 0.857. The molecule has 0 radical (unpaired) electrons. The summed E-state index contributed by atoms with van der Waals surface area (Å²) in [5.41, 5.74) is 2.13. The molecule has 0 bridgehead atoms. The fourth-order valence-corrected chi connectivity index (χ4v) is 5.39. The van der Waals surface area contributed by atoms with Crippen molar-refractivity contribution in [2.24, 2.45) is 5.92 Å². The van der Waals surface area contributed by atoms with Crippen molar-refractivity contribution in [2.75, 3.05) is 13.2 Å². The van der Waals surface area contributed by atoms with E-state index in [-0.39, 0.29) is 12.1 Å². The maximum atomic E-state index is 12.0. The number of hydrogen-bond donors (Lipinski definition) is 0. The van der Waals surface area contributed by atoms with Gasteiger partial charge in [-0.1, -0.05) is 95.3 Å². The van der Waals surface area contributed by atoms with Crippen LogP contribution < -0.4 is 4.57 Å². The van der Waals surface area contributed by atoms with Crippen molar-refractivity contribution in [3.05, 3.63) is 17.1 Å². The molecule has 0 saturated carbocycles. The normalized spacial score (nSPS) is 18.1. The second kappa shape index (κ2) is 19.4. The number of aryl methyl sites for hydroxylation is 1. The lowest BCUT2D eigenvalue weighted by atomic mass is 9.97. The highest BCUT2D eigenvalue weighted by molar-refractivity contribution is 7.07. The maximum Gasteiger partial charge on any atom is 0.305 e. The van der Waals surface area contributed by atoms with Gasteiger partial charge in [0.2, 0.25) is 5.51 Å². The van der Waals surface area contributed by atoms with Gasteiger partial charge in [-0.25, -0.2) is 0 Å². The molecule has 2 rings (SSSR count). The highest BCUT2D eigenvalue weighted by Crippen LogP contribution is 2.25. The van der Waals surface area contributed by atoms with E-state index in [1.807, 2.05) is 0 Å². The third kappa shape index (κ3) is 14.8. The number of ether oxygens (including phenoxy) is 2. The van der Waals surface area contributed by atoms with Gasteiger partial charge in [0.15, 0.2) is 6.20 Å². The minimum atomic E-state index is -0.0637. The maximum absolute atomic E-state index is 12.0. The highest BCUT2D eigenvalue weighted by Gasteiger charge is 2.26. The summed E-state index contributed by atoms with van der Waals surface area (Å²) in [5, 5.41) is 2.09. The Morgan fingerprint density at radius 3 is 2.27 bits per heavy atom. The van der Waals surface area contributed by atoms with Crippen molar-refractivity contribution in [1.29, 1.82) is 0 Å². The molecule has 0 N–H and O–H groups in total.